The first-order chi connectivity index (χ1) is 9.15. The van der Waals surface area contributed by atoms with E-state index in [4.69, 9.17) is 0 Å². The smallest absolute Gasteiger partial charge is 0.0924 e. The molecule has 0 saturated carbocycles. The lowest BCUT2D eigenvalue weighted by atomic mass is 9.98. The number of aromatic amines is 1. The molecule has 0 aliphatic carbocycles. The van der Waals surface area contributed by atoms with Crippen LogP contribution in [0.2, 0.25) is 0 Å². The minimum absolute atomic E-state index is 0.577. The molecule has 0 spiro atoms. The quantitative estimate of drug-likeness (QED) is 0.704. The average Bonchev–Trinajstić information content (AvgIpc) is 2.80. The summed E-state index contributed by atoms with van der Waals surface area (Å²) >= 11 is 0. The first-order valence-electron chi connectivity index (χ1n) is 6.70. The van der Waals surface area contributed by atoms with Gasteiger partial charge < -0.3 is 0 Å². The summed E-state index contributed by atoms with van der Waals surface area (Å²) in [5.41, 5.74) is 6.03. The summed E-state index contributed by atoms with van der Waals surface area (Å²) < 4.78 is 0. The molecule has 0 atom stereocenters. The first-order valence-corrected chi connectivity index (χ1v) is 6.70. The summed E-state index contributed by atoms with van der Waals surface area (Å²) in [5, 5.41) is 8.49. The number of benzene rings is 2. The molecule has 3 aromatic rings. The topological polar surface area (TPSA) is 28.7 Å². The normalized spacial score (nSPS) is 11.4. The third-order valence-electron chi connectivity index (χ3n) is 3.66. The molecule has 0 fully saturated rings. The maximum Gasteiger partial charge on any atom is 0.0924 e. The molecule has 0 aliphatic heterocycles. The van der Waals surface area contributed by atoms with Gasteiger partial charge in [-0.15, -0.1) is 0 Å². The summed E-state index contributed by atoms with van der Waals surface area (Å²) in [5.74, 6) is 0.577. The van der Waals surface area contributed by atoms with Gasteiger partial charge in [-0.2, -0.15) is 5.10 Å². The van der Waals surface area contributed by atoms with Gasteiger partial charge in [-0.25, -0.2) is 0 Å². The Bertz CT molecular complexity index is 706. The van der Waals surface area contributed by atoms with Crippen LogP contribution in [0.4, 0.5) is 0 Å². The summed E-state index contributed by atoms with van der Waals surface area (Å²) in [6, 6.07) is 15.2. The maximum atomic E-state index is 4.27. The molecule has 2 heteroatoms. The third-order valence-corrected chi connectivity index (χ3v) is 3.66. The molecule has 0 saturated heterocycles. The van der Waals surface area contributed by atoms with Crippen molar-refractivity contribution in [2.24, 2.45) is 0 Å². The predicted octanol–water partition coefficient (Wildman–Crippen LogP) is 4.66. The fourth-order valence-corrected chi connectivity index (χ4v) is 2.38. The summed E-state index contributed by atoms with van der Waals surface area (Å²) in [6.07, 6.45) is 0. The van der Waals surface area contributed by atoms with Crippen LogP contribution in [0.3, 0.4) is 0 Å². The second-order valence-electron chi connectivity index (χ2n) is 5.36. The number of nitrogens with one attached hydrogen (secondary N) is 1. The van der Waals surface area contributed by atoms with E-state index in [1.807, 2.05) is 0 Å². The lowest BCUT2D eigenvalue weighted by molar-refractivity contribution is 0.867. The van der Waals surface area contributed by atoms with E-state index in [1.165, 1.54) is 22.1 Å². The van der Waals surface area contributed by atoms with Gasteiger partial charge in [-0.3, -0.25) is 5.10 Å². The zero-order valence-corrected chi connectivity index (χ0v) is 11.6. The van der Waals surface area contributed by atoms with Crippen LogP contribution in [0, 0.1) is 6.92 Å². The van der Waals surface area contributed by atoms with Crippen LogP contribution in [0.15, 0.2) is 42.5 Å². The molecule has 2 aromatic carbocycles. The Labute approximate surface area is 113 Å². The summed E-state index contributed by atoms with van der Waals surface area (Å²) in [4.78, 5) is 0. The van der Waals surface area contributed by atoms with Gasteiger partial charge in [0, 0.05) is 11.1 Å². The predicted molar refractivity (Wildman–Crippen MR) is 80.4 cm³/mol. The number of nitrogens with zero attached hydrogens (tertiary/aromatic N) is 1. The van der Waals surface area contributed by atoms with Gasteiger partial charge >= 0.3 is 0 Å². The van der Waals surface area contributed by atoms with Gasteiger partial charge in [-0.1, -0.05) is 44.2 Å². The molecule has 0 aliphatic rings. The molecule has 0 radical (unpaired) electrons. The van der Waals surface area contributed by atoms with Crippen molar-refractivity contribution in [2.45, 2.75) is 26.7 Å². The van der Waals surface area contributed by atoms with E-state index in [0.29, 0.717) is 5.92 Å². The molecule has 19 heavy (non-hydrogen) atoms. The lowest BCUT2D eigenvalue weighted by Gasteiger charge is -2.07. The van der Waals surface area contributed by atoms with Crippen LogP contribution in [-0.2, 0) is 0 Å². The SMILES string of the molecule is Cc1[nH]nc2ccc(-c3ccc(C(C)C)cc3)cc12. The van der Waals surface area contributed by atoms with E-state index in [2.05, 4.69) is 73.4 Å². The Morgan fingerprint density at radius 2 is 1.63 bits per heavy atom. The molecular weight excluding hydrogens is 232 g/mol. The highest BCUT2D eigenvalue weighted by Crippen LogP contribution is 2.26. The Morgan fingerprint density at radius 3 is 2.32 bits per heavy atom. The highest BCUT2D eigenvalue weighted by molar-refractivity contribution is 5.86. The van der Waals surface area contributed by atoms with Crippen molar-refractivity contribution >= 4 is 10.9 Å². The molecular formula is C17H18N2. The van der Waals surface area contributed by atoms with Crippen LogP contribution in [0.25, 0.3) is 22.0 Å². The molecule has 1 aromatic heterocycles. The van der Waals surface area contributed by atoms with Crippen LogP contribution in [-0.4, -0.2) is 10.2 Å². The van der Waals surface area contributed by atoms with Crippen molar-refractivity contribution in [3.63, 3.8) is 0 Å². The number of hydrogen-bond acceptors (Lipinski definition) is 1. The van der Waals surface area contributed by atoms with Gasteiger partial charge in [0.25, 0.3) is 0 Å². The third kappa shape index (κ3) is 2.14. The van der Waals surface area contributed by atoms with Crippen molar-refractivity contribution in [1.82, 2.24) is 10.2 Å². The first kappa shape index (κ1) is 12.0. The van der Waals surface area contributed by atoms with Gasteiger partial charge in [0.05, 0.1) is 5.52 Å². The van der Waals surface area contributed by atoms with Crippen molar-refractivity contribution in [1.29, 1.82) is 0 Å². The van der Waals surface area contributed by atoms with Gasteiger partial charge in [-0.05, 0) is 41.7 Å². The van der Waals surface area contributed by atoms with E-state index in [0.717, 1.165) is 11.2 Å². The van der Waals surface area contributed by atoms with Crippen LogP contribution in [0.1, 0.15) is 31.0 Å². The number of H-pyrrole nitrogens is 1. The summed E-state index contributed by atoms with van der Waals surface area (Å²) in [7, 11) is 0. The van der Waals surface area contributed by atoms with E-state index < -0.39 is 0 Å². The fourth-order valence-electron chi connectivity index (χ4n) is 2.38. The number of hydrogen-bond donors (Lipinski definition) is 1. The highest BCUT2D eigenvalue weighted by Gasteiger charge is 2.05. The average molecular weight is 250 g/mol. The monoisotopic (exact) mass is 250 g/mol. The van der Waals surface area contributed by atoms with E-state index in [1.54, 1.807) is 0 Å². The molecule has 0 unspecified atom stereocenters. The van der Waals surface area contributed by atoms with Crippen molar-refractivity contribution in [2.75, 3.05) is 0 Å². The minimum Gasteiger partial charge on any atom is -0.282 e. The summed E-state index contributed by atoms with van der Waals surface area (Å²) in [6.45, 7) is 6.49. The molecule has 1 heterocycles. The second-order valence-corrected chi connectivity index (χ2v) is 5.36. The fraction of sp³-hybridized carbons (Fsp3) is 0.235. The van der Waals surface area contributed by atoms with Crippen LogP contribution >= 0.6 is 0 Å². The van der Waals surface area contributed by atoms with Crippen LogP contribution < -0.4 is 0 Å². The van der Waals surface area contributed by atoms with Gasteiger partial charge in [0.1, 0.15) is 0 Å². The van der Waals surface area contributed by atoms with E-state index >= 15 is 0 Å². The number of rotatable bonds is 2. The Kier molecular flexibility index (Phi) is 2.86. The molecule has 2 nitrogen and oxygen atoms in total. The number of aromatic nitrogens is 2. The zero-order valence-electron chi connectivity index (χ0n) is 11.6. The second kappa shape index (κ2) is 4.54. The molecule has 1 N–H and O–H groups in total. The number of fused-ring (bicyclic) bond motifs is 1. The Balaban J connectivity index is 2.05. The molecule has 0 amide bonds. The molecule has 96 valence electrons. The number of aryl methyl sites for hydroxylation is 1. The van der Waals surface area contributed by atoms with Crippen LogP contribution in [0.5, 0.6) is 0 Å². The Morgan fingerprint density at radius 1 is 0.947 bits per heavy atom. The zero-order chi connectivity index (χ0) is 13.4. The highest BCUT2D eigenvalue weighted by atomic mass is 15.1. The Hall–Kier alpha value is -2.09. The van der Waals surface area contributed by atoms with Crippen molar-refractivity contribution < 1.29 is 0 Å². The standard InChI is InChI=1S/C17H18N2/c1-11(2)13-4-6-14(7-5-13)15-8-9-17-16(10-15)12(3)18-19-17/h4-11H,1-3H3,(H,18,19). The van der Waals surface area contributed by atoms with Gasteiger partial charge in [0.2, 0.25) is 0 Å². The van der Waals surface area contributed by atoms with E-state index in [9.17, 15) is 0 Å². The maximum absolute atomic E-state index is 4.27. The van der Waals surface area contributed by atoms with E-state index in [-0.39, 0.29) is 0 Å². The molecule has 0 bridgehead atoms. The van der Waals surface area contributed by atoms with Crippen molar-refractivity contribution in [3.8, 4) is 11.1 Å². The lowest BCUT2D eigenvalue weighted by Crippen LogP contribution is -1.86. The van der Waals surface area contributed by atoms with Crippen molar-refractivity contribution in [3.05, 3.63) is 53.7 Å². The molecule has 3 rings (SSSR count). The minimum atomic E-state index is 0.577. The van der Waals surface area contributed by atoms with Gasteiger partial charge in [0.15, 0.2) is 0 Å². The largest absolute Gasteiger partial charge is 0.282 e.